The van der Waals surface area contributed by atoms with Crippen molar-refractivity contribution in [1.29, 1.82) is 0 Å². The van der Waals surface area contributed by atoms with E-state index in [4.69, 9.17) is 5.11 Å². The maximum absolute atomic E-state index is 11.8. The lowest BCUT2D eigenvalue weighted by Crippen LogP contribution is -2.38. The second-order valence-electron chi connectivity index (χ2n) is 3.70. The minimum Gasteiger partial charge on any atom is -0.396 e. The van der Waals surface area contributed by atoms with Gasteiger partial charge in [0, 0.05) is 19.2 Å². The number of aliphatic hydroxyl groups excluding tert-OH is 1. The summed E-state index contributed by atoms with van der Waals surface area (Å²) in [6.07, 6.45) is 2.61. The number of hydrogen-bond acceptors (Lipinski definition) is 3. The van der Waals surface area contributed by atoms with Gasteiger partial charge >= 0.3 is 0 Å². The monoisotopic (exact) mass is 235 g/mol. The van der Waals surface area contributed by atoms with Gasteiger partial charge < -0.3 is 5.11 Å². The summed E-state index contributed by atoms with van der Waals surface area (Å²) in [4.78, 5) is 0. The van der Waals surface area contributed by atoms with Crippen LogP contribution in [0.15, 0.2) is 12.7 Å². The molecule has 0 fully saturated rings. The number of rotatable bonds is 8. The fourth-order valence-electron chi connectivity index (χ4n) is 1.29. The molecule has 5 heteroatoms. The topological polar surface area (TPSA) is 57.6 Å². The van der Waals surface area contributed by atoms with Crippen LogP contribution in [0.3, 0.4) is 0 Å². The average Bonchev–Trinajstić information content (AvgIpc) is 2.13. The average molecular weight is 235 g/mol. The Bertz CT molecular complexity index is 272. The van der Waals surface area contributed by atoms with Crippen LogP contribution in [0.4, 0.5) is 0 Å². The van der Waals surface area contributed by atoms with E-state index in [1.165, 1.54) is 4.31 Å². The smallest absolute Gasteiger partial charge is 0.214 e. The summed E-state index contributed by atoms with van der Waals surface area (Å²) >= 11 is 0. The fraction of sp³-hybridized carbons (Fsp3) is 0.800. The first-order chi connectivity index (χ1) is 6.95. The van der Waals surface area contributed by atoms with E-state index in [-0.39, 0.29) is 18.4 Å². The van der Waals surface area contributed by atoms with Crippen molar-refractivity contribution in [1.82, 2.24) is 4.31 Å². The zero-order valence-corrected chi connectivity index (χ0v) is 10.3. The molecule has 0 aliphatic carbocycles. The van der Waals surface area contributed by atoms with E-state index < -0.39 is 10.0 Å². The molecule has 0 bridgehead atoms. The lowest BCUT2D eigenvalue weighted by Gasteiger charge is -2.24. The van der Waals surface area contributed by atoms with Gasteiger partial charge in [0.25, 0.3) is 0 Å². The van der Waals surface area contributed by atoms with Crippen molar-refractivity contribution in [3.63, 3.8) is 0 Å². The van der Waals surface area contributed by atoms with Gasteiger partial charge in [-0.25, -0.2) is 8.42 Å². The zero-order chi connectivity index (χ0) is 11.9. The summed E-state index contributed by atoms with van der Waals surface area (Å²) in [6, 6.07) is -0.0536. The number of hydrogen-bond donors (Lipinski definition) is 1. The molecule has 90 valence electrons. The minimum absolute atomic E-state index is 0.0403. The van der Waals surface area contributed by atoms with Crippen molar-refractivity contribution in [3.8, 4) is 0 Å². The molecule has 0 saturated carbocycles. The maximum atomic E-state index is 11.8. The molecule has 15 heavy (non-hydrogen) atoms. The molecule has 0 heterocycles. The van der Waals surface area contributed by atoms with Crippen molar-refractivity contribution in [2.75, 3.05) is 18.9 Å². The van der Waals surface area contributed by atoms with E-state index >= 15 is 0 Å². The van der Waals surface area contributed by atoms with Gasteiger partial charge in [0.1, 0.15) is 0 Å². The molecule has 0 aliphatic heterocycles. The summed E-state index contributed by atoms with van der Waals surface area (Å²) < 4.78 is 25.1. The van der Waals surface area contributed by atoms with Gasteiger partial charge in [-0.1, -0.05) is 6.08 Å². The molecule has 0 rings (SSSR count). The largest absolute Gasteiger partial charge is 0.396 e. The molecule has 0 aromatic carbocycles. The summed E-state index contributed by atoms with van der Waals surface area (Å²) in [7, 11) is -3.21. The Balaban J connectivity index is 4.43. The van der Waals surface area contributed by atoms with Gasteiger partial charge in [-0.15, -0.1) is 6.58 Å². The third-order valence-corrected chi connectivity index (χ3v) is 4.14. The Morgan fingerprint density at radius 2 is 2.00 bits per heavy atom. The third kappa shape index (κ3) is 5.30. The van der Waals surface area contributed by atoms with E-state index in [1.807, 2.05) is 13.8 Å². The molecule has 0 unspecified atom stereocenters. The highest BCUT2D eigenvalue weighted by Gasteiger charge is 2.22. The molecule has 0 amide bonds. The van der Waals surface area contributed by atoms with E-state index in [9.17, 15) is 8.42 Å². The lowest BCUT2D eigenvalue weighted by molar-refractivity contribution is 0.286. The van der Waals surface area contributed by atoms with Crippen LogP contribution in [0.25, 0.3) is 0 Å². The third-order valence-electron chi connectivity index (χ3n) is 2.05. The zero-order valence-electron chi connectivity index (χ0n) is 9.52. The van der Waals surface area contributed by atoms with Crippen molar-refractivity contribution in [2.45, 2.75) is 32.7 Å². The van der Waals surface area contributed by atoms with Gasteiger partial charge in [0.05, 0.1) is 5.75 Å². The first-order valence-electron chi connectivity index (χ1n) is 5.17. The molecule has 0 radical (unpaired) electrons. The van der Waals surface area contributed by atoms with Crippen LogP contribution in [-0.4, -0.2) is 42.8 Å². The van der Waals surface area contributed by atoms with Gasteiger partial charge in [0.15, 0.2) is 0 Å². The van der Waals surface area contributed by atoms with Gasteiger partial charge in [-0.05, 0) is 26.7 Å². The molecular formula is C10H21NO3S. The molecule has 4 nitrogen and oxygen atoms in total. The normalized spacial score (nSPS) is 12.3. The van der Waals surface area contributed by atoms with Crippen molar-refractivity contribution in [2.24, 2.45) is 0 Å². The van der Waals surface area contributed by atoms with E-state index in [1.54, 1.807) is 6.08 Å². The Labute approximate surface area is 92.6 Å². The van der Waals surface area contributed by atoms with Crippen LogP contribution < -0.4 is 0 Å². The SMILES string of the molecule is C=CCN(C(C)C)S(=O)(=O)CCCCO. The second kappa shape index (κ2) is 6.98. The number of aliphatic hydroxyl groups is 1. The van der Waals surface area contributed by atoms with E-state index in [0.29, 0.717) is 19.4 Å². The van der Waals surface area contributed by atoms with Crippen LogP contribution >= 0.6 is 0 Å². The quantitative estimate of drug-likeness (QED) is 0.504. The number of nitrogens with zero attached hydrogens (tertiary/aromatic N) is 1. The summed E-state index contributed by atoms with van der Waals surface area (Å²) in [6.45, 7) is 7.61. The standard InChI is InChI=1S/C10H21NO3S/c1-4-7-11(10(2)3)15(13,14)9-6-5-8-12/h4,10,12H,1,5-9H2,2-3H3. The lowest BCUT2D eigenvalue weighted by atomic mass is 10.4. The van der Waals surface area contributed by atoms with E-state index in [0.717, 1.165) is 0 Å². The molecule has 0 spiro atoms. The molecular weight excluding hydrogens is 214 g/mol. The number of unbranched alkanes of at least 4 members (excludes halogenated alkanes) is 1. The minimum atomic E-state index is -3.21. The highest BCUT2D eigenvalue weighted by molar-refractivity contribution is 7.89. The number of sulfonamides is 1. The highest BCUT2D eigenvalue weighted by Crippen LogP contribution is 2.09. The highest BCUT2D eigenvalue weighted by atomic mass is 32.2. The predicted molar refractivity (Wildman–Crippen MR) is 62.1 cm³/mol. The molecule has 0 saturated heterocycles. The Kier molecular flexibility index (Phi) is 6.80. The molecule has 1 N–H and O–H groups in total. The summed E-state index contributed by atoms with van der Waals surface area (Å²) in [5.74, 6) is 0.0968. The molecule has 0 aliphatic rings. The van der Waals surface area contributed by atoms with Crippen LogP contribution in [0.2, 0.25) is 0 Å². The van der Waals surface area contributed by atoms with Crippen molar-refractivity contribution < 1.29 is 13.5 Å². The van der Waals surface area contributed by atoms with Crippen LogP contribution in [0, 0.1) is 0 Å². The van der Waals surface area contributed by atoms with Crippen LogP contribution in [0.1, 0.15) is 26.7 Å². The predicted octanol–water partition coefficient (Wildman–Crippen LogP) is 0.985. The van der Waals surface area contributed by atoms with Crippen molar-refractivity contribution >= 4 is 10.0 Å². The Hall–Kier alpha value is -0.390. The second-order valence-corrected chi connectivity index (χ2v) is 5.74. The molecule has 0 aromatic heterocycles. The molecule has 0 aromatic rings. The Morgan fingerprint density at radius 3 is 2.40 bits per heavy atom. The van der Waals surface area contributed by atoms with Crippen molar-refractivity contribution in [3.05, 3.63) is 12.7 Å². The maximum Gasteiger partial charge on any atom is 0.214 e. The molecule has 0 atom stereocenters. The summed E-state index contributed by atoms with van der Waals surface area (Å²) in [5, 5.41) is 8.59. The van der Waals surface area contributed by atoms with Gasteiger partial charge in [-0.3, -0.25) is 0 Å². The fourth-order valence-corrected chi connectivity index (χ4v) is 3.06. The van der Waals surface area contributed by atoms with Gasteiger partial charge in [0.2, 0.25) is 10.0 Å². The first-order valence-corrected chi connectivity index (χ1v) is 6.78. The Morgan fingerprint density at radius 1 is 1.40 bits per heavy atom. The van der Waals surface area contributed by atoms with Crippen LogP contribution in [0.5, 0.6) is 0 Å². The van der Waals surface area contributed by atoms with Crippen LogP contribution in [-0.2, 0) is 10.0 Å². The summed E-state index contributed by atoms with van der Waals surface area (Å²) in [5.41, 5.74) is 0. The van der Waals surface area contributed by atoms with E-state index in [2.05, 4.69) is 6.58 Å². The van der Waals surface area contributed by atoms with Gasteiger partial charge in [-0.2, -0.15) is 4.31 Å². The first kappa shape index (κ1) is 14.6.